The molecule has 1 N–H and O–H groups in total. The van der Waals surface area contributed by atoms with Crippen LogP contribution < -0.4 is 5.32 Å². The minimum Gasteiger partial charge on any atom is -0.465 e. The van der Waals surface area contributed by atoms with Gasteiger partial charge in [-0.05, 0) is 43.9 Å². The highest BCUT2D eigenvalue weighted by atomic mass is 35.5. The number of hydrogen-bond donors (Lipinski definition) is 1. The van der Waals surface area contributed by atoms with Gasteiger partial charge in [-0.25, -0.2) is 4.79 Å². The predicted octanol–water partition coefficient (Wildman–Crippen LogP) is 2.94. The SMILES string of the molecule is CCOC(=O)C(NCC1CC1)c1ccccc1Cl. The number of halogens is 1. The molecular weight excluding hydrogens is 250 g/mol. The molecule has 4 heteroatoms. The standard InChI is InChI=1S/C14H18ClNO2/c1-2-18-14(17)13(16-9-10-7-8-10)11-5-3-4-6-12(11)15/h3-6,10,13,16H,2,7-9H2,1H3. The molecule has 1 aliphatic carbocycles. The first kappa shape index (κ1) is 13.4. The fraction of sp³-hybridized carbons (Fsp3) is 0.500. The van der Waals surface area contributed by atoms with E-state index >= 15 is 0 Å². The molecule has 1 aromatic carbocycles. The van der Waals surface area contributed by atoms with Gasteiger partial charge in [-0.3, -0.25) is 0 Å². The van der Waals surface area contributed by atoms with Gasteiger partial charge in [-0.15, -0.1) is 0 Å². The highest BCUT2D eigenvalue weighted by Crippen LogP contribution is 2.30. The number of rotatable bonds is 6. The Morgan fingerprint density at radius 2 is 2.22 bits per heavy atom. The van der Waals surface area contributed by atoms with Crippen LogP contribution in [0.4, 0.5) is 0 Å². The van der Waals surface area contributed by atoms with Crippen molar-refractivity contribution < 1.29 is 9.53 Å². The first-order valence-corrected chi connectivity index (χ1v) is 6.74. The number of nitrogens with one attached hydrogen (secondary N) is 1. The van der Waals surface area contributed by atoms with Gasteiger partial charge in [0.1, 0.15) is 6.04 Å². The van der Waals surface area contributed by atoms with Gasteiger partial charge in [0.2, 0.25) is 0 Å². The summed E-state index contributed by atoms with van der Waals surface area (Å²) < 4.78 is 5.11. The maximum absolute atomic E-state index is 12.0. The molecule has 0 aromatic heterocycles. The highest BCUT2D eigenvalue weighted by Gasteiger charge is 2.27. The Morgan fingerprint density at radius 1 is 1.50 bits per heavy atom. The number of ether oxygens (including phenoxy) is 1. The fourth-order valence-electron chi connectivity index (χ4n) is 1.86. The van der Waals surface area contributed by atoms with Crippen LogP contribution in [0, 0.1) is 5.92 Å². The minimum absolute atomic E-state index is 0.258. The Kier molecular flexibility index (Phi) is 4.61. The molecule has 1 aliphatic rings. The minimum atomic E-state index is -0.459. The molecule has 0 spiro atoms. The Balaban J connectivity index is 2.11. The molecule has 0 aliphatic heterocycles. The van der Waals surface area contributed by atoms with E-state index in [0.717, 1.165) is 12.1 Å². The average Bonchev–Trinajstić information content (AvgIpc) is 3.16. The summed E-state index contributed by atoms with van der Waals surface area (Å²) in [6.45, 7) is 3.03. The summed E-state index contributed by atoms with van der Waals surface area (Å²) in [5, 5.41) is 3.86. The number of benzene rings is 1. The van der Waals surface area contributed by atoms with Gasteiger partial charge in [0, 0.05) is 5.02 Å². The van der Waals surface area contributed by atoms with Gasteiger partial charge < -0.3 is 10.1 Å². The van der Waals surface area contributed by atoms with E-state index in [-0.39, 0.29) is 5.97 Å². The Hall–Kier alpha value is -1.06. The quantitative estimate of drug-likeness (QED) is 0.806. The molecule has 18 heavy (non-hydrogen) atoms. The maximum atomic E-state index is 12.0. The third kappa shape index (κ3) is 3.47. The zero-order valence-electron chi connectivity index (χ0n) is 10.5. The van der Waals surface area contributed by atoms with E-state index in [9.17, 15) is 4.79 Å². The lowest BCUT2D eigenvalue weighted by Gasteiger charge is -2.18. The monoisotopic (exact) mass is 267 g/mol. The van der Waals surface area contributed by atoms with Gasteiger partial charge in [0.05, 0.1) is 6.61 Å². The summed E-state index contributed by atoms with van der Waals surface area (Å²) in [6, 6.07) is 6.94. The number of esters is 1. The molecule has 0 bridgehead atoms. The largest absolute Gasteiger partial charge is 0.465 e. The molecule has 3 nitrogen and oxygen atoms in total. The molecule has 2 rings (SSSR count). The molecule has 98 valence electrons. The topological polar surface area (TPSA) is 38.3 Å². The van der Waals surface area contributed by atoms with Crippen LogP contribution >= 0.6 is 11.6 Å². The first-order chi connectivity index (χ1) is 8.72. The predicted molar refractivity (Wildman–Crippen MR) is 71.6 cm³/mol. The summed E-state index contributed by atoms with van der Waals surface area (Å²) in [7, 11) is 0. The maximum Gasteiger partial charge on any atom is 0.327 e. The van der Waals surface area contributed by atoms with Gasteiger partial charge in [0.15, 0.2) is 0 Å². The van der Waals surface area contributed by atoms with Gasteiger partial charge in [-0.2, -0.15) is 0 Å². The molecule has 0 radical (unpaired) electrons. The van der Waals surface area contributed by atoms with E-state index in [4.69, 9.17) is 16.3 Å². The van der Waals surface area contributed by atoms with Crippen molar-refractivity contribution >= 4 is 17.6 Å². The molecule has 0 amide bonds. The van der Waals surface area contributed by atoms with Crippen LogP contribution in [0.5, 0.6) is 0 Å². The molecule has 1 atom stereocenters. The Bertz CT molecular complexity index is 418. The second-order valence-electron chi connectivity index (χ2n) is 4.56. The molecule has 1 saturated carbocycles. The first-order valence-electron chi connectivity index (χ1n) is 6.36. The number of carbonyl (C=O) groups is 1. The lowest BCUT2D eigenvalue weighted by Crippen LogP contribution is -2.32. The van der Waals surface area contributed by atoms with Crippen LogP contribution in [-0.2, 0) is 9.53 Å². The lowest BCUT2D eigenvalue weighted by molar-refractivity contribution is -0.145. The molecule has 0 heterocycles. The molecule has 1 fully saturated rings. The number of carbonyl (C=O) groups excluding carboxylic acids is 1. The summed E-state index contributed by atoms with van der Waals surface area (Å²) >= 11 is 6.15. The van der Waals surface area contributed by atoms with Crippen LogP contribution in [0.15, 0.2) is 24.3 Å². The van der Waals surface area contributed by atoms with Crippen molar-refractivity contribution in [1.29, 1.82) is 0 Å². The van der Waals surface area contributed by atoms with E-state index < -0.39 is 6.04 Å². The molecule has 0 saturated heterocycles. The smallest absolute Gasteiger partial charge is 0.327 e. The number of hydrogen-bond acceptors (Lipinski definition) is 3. The van der Waals surface area contributed by atoms with Crippen LogP contribution in [0.3, 0.4) is 0 Å². The van der Waals surface area contributed by atoms with Crippen molar-refractivity contribution in [1.82, 2.24) is 5.32 Å². The summed E-state index contributed by atoms with van der Waals surface area (Å²) in [5.74, 6) is 0.440. The normalized spacial score (nSPS) is 16.3. The van der Waals surface area contributed by atoms with Crippen molar-refractivity contribution in [2.75, 3.05) is 13.2 Å². The van der Waals surface area contributed by atoms with E-state index in [1.54, 1.807) is 6.07 Å². The molecule has 1 unspecified atom stereocenters. The van der Waals surface area contributed by atoms with Gasteiger partial charge >= 0.3 is 5.97 Å². The Labute approximate surface area is 112 Å². The van der Waals surface area contributed by atoms with Gasteiger partial charge in [0.25, 0.3) is 0 Å². The van der Waals surface area contributed by atoms with Crippen LogP contribution in [0.1, 0.15) is 31.4 Å². The van der Waals surface area contributed by atoms with Gasteiger partial charge in [-0.1, -0.05) is 29.8 Å². The van der Waals surface area contributed by atoms with E-state index in [1.807, 2.05) is 25.1 Å². The highest BCUT2D eigenvalue weighted by molar-refractivity contribution is 6.31. The second-order valence-corrected chi connectivity index (χ2v) is 4.97. The Morgan fingerprint density at radius 3 is 2.83 bits per heavy atom. The fourth-order valence-corrected chi connectivity index (χ4v) is 2.11. The van der Waals surface area contributed by atoms with E-state index in [0.29, 0.717) is 17.5 Å². The molecule has 1 aromatic rings. The van der Waals surface area contributed by atoms with Crippen molar-refractivity contribution in [2.45, 2.75) is 25.8 Å². The summed E-state index contributed by atoms with van der Waals surface area (Å²) in [6.07, 6.45) is 2.48. The second kappa shape index (κ2) is 6.21. The van der Waals surface area contributed by atoms with Crippen LogP contribution in [-0.4, -0.2) is 19.1 Å². The zero-order chi connectivity index (χ0) is 13.0. The molecular formula is C14H18ClNO2. The zero-order valence-corrected chi connectivity index (χ0v) is 11.2. The van der Waals surface area contributed by atoms with E-state index in [2.05, 4.69) is 5.32 Å². The third-order valence-corrected chi connectivity index (χ3v) is 3.39. The third-order valence-electron chi connectivity index (χ3n) is 3.05. The van der Waals surface area contributed by atoms with Crippen molar-refractivity contribution in [2.24, 2.45) is 5.92 Å². The van der Waals surface area contributed by atoms with Crippen LogP contribution in [0.2, 0.25) is 5.02 Å². The van der Waals surface area contributed by atoms with E-state index in [1.165, 1.54) is 12.8 Å². The summed E-state index contributed by atoms with van der Waals surface area (Å²) in [4.78, 5) is 12.0. The lowest BCUT2D eigenvalue weighted by atomic mass is 10.1. The van der Waals surface area contributed by atoms with Crippen molar-refractivity contribution in [3.8, 4) is 0 Å². The average molecular weight is 268 g/mol. The van der Waals surface area contributed by atoms with Crippen molar-refractivity contribution in [3.63, 3.8) is 0 Å². The van der Waals surface area contributed by atoms with Crippen LogP contribution in [0.25, 0.3) is 0 Å². The summed E-state index contributed by atoms with van der Waals surface area (Å²) in [5.41, 5.74) is 0.790. The van der Waals surface area contributed by atoms with Crippen molar-refractivity contribution in [3.05, 3.63) is 34.9 Å².